The van der Waals surface area contributed by atoms with Crippen LogP contribution in [0.5, 0.6) is 5.75 Å². The molecule has 2 atom stereocenters. The Kier molecular flexibility index (Phi) is 5.56. The lowest BCUT2D eigenvalue weighted by atomic mass is 9.95. The molecule has 1 aromatic heterocycles. The van der Waals surface area contributed by atoms with Gasteiger partial charge in [-0.15, -0.1) is 0 Å². The number of thiazole rings is 1. The topological polar surface area (TPSA) is 42.4 Å². The van der Waals surface area contributed by atoms with Crippen LogP contribution in [0.25, 0.3) is 0 Å². The van der Waals surface area contributed by atoms with Crippen molar-refractivity contribution < 1.29 is 9.53 Å². The van der Waals surface area contributed by atoms with Gasteiger partial charge in [0.1, 0.15) is 10.6 Å². The zero-order valence-electron chi connectivity index (χ0n) is 14.1. The van der Waals surface area contributed by atoms with Crippen molar-refractivity contribution >= 4 is 28.8 Å². The van der Waals surface area contributed by atoms with Gasteiger partial charge >= 0.3 is 0 Å². The lowest BCUT2D eigenvalue weighted by Crippen LogP contribution is -2.42. The number of allylic oxidation sites excluding steroid dienone is 2. The number of hydrogen-bond donors (Lipinski definition) is 0. The summed E-state index contributed by atoms with van der Waals surface area (Å²) in [5, 5.41) is 0. The van der Waals surface area contributed by atoms with Crippen molar-refractivity contribution in [3.63, 3.8) is 0 Å². The van der Waals surface area contributed by atoms with Gasteiger partial charge in [-0.1, -0.05) is 66.3 Å². The molecule has 0 N–H and O–H groups in total. The minimum Gasteiger partial charge on any atom is -0.497 e. The Hall–Kier alpha value is -2.11. The van der Waals surface area contributed by atoms with Gasteiger partial charge in [0.15, 0.2) is 4.47 Å². The highest BCUT2D eigenvalue weighted by atomic mass is 35.5. The van der Waals surface area contributed by atoms with Crippen LogP contribution in [0.2, 0.25) is 4.47 Å². The molecule has 1 aliphatic carbocycles. The number of methoxy groups -OCH3 is 1. The fourth-order valence-corrected chi connectivity index (χ4v) is 3.72. The van der Waals surface area contributed by atoms with Gasteiger partial charge in [0.05, 0.1) is 19.3 Å². The molecule has 2 unspecified atom stereocenters. The third-order valence-electron chi connectivity index (χ3n) is 4.19. The molecule has 1 amide bonds. The van der Waals surface area contributed by atoms with E-state index in [1.165, 1.54) is 11.3 Å². The summed E-state index contributed by atoms with van der Waals surface area (Å²) in [6.45, 7) is 2.62. The molecule has 0 radical (unpaired) electrons. The van der Waals surface area contributed by atoms with Gasteiger partial charge in [-0.3, -0.25) is 4.79 Å². The lowest BCUT2D eigenvalue weighted by Gasteiger charge is -2.33. The first-order valence-corrected chi connectivity index (χ1v) is 9.18. The third kappa shape index (κ3) is 4.11. The second kappa shape index (κ2) is 7.85. The zero-order valence-corrected chi connectivity index (χ0v) is 15.6. The van der Waals surface area contributed by atoms with Crippen molar-refractivity contribution in [3.8, 4) is 5.75 Å². The number of rotatable bonds is 5. The molecule has 0 aliphatic heterocycles. The van der Waals surface area contributed by atoms with Crippen molar-refractivity contribution in [1.82, 2.24) is 9.88 Å². The van der Waals surface area contributed by atoms with E-state index in [-0.39, 0.29) is 17.9 Å². The molecule has 2 aromatic rings. The molecular weight excluding hydrogens is 356 g/mol. The number of carbonyl (C=O) groups excluding carboxylic acids is 1. The number of ether oxygens (including phenoxy) is 1. The molecule has 3 rings (SSSR count). The summed E-state index contributed by atoms with van der Waals surface area (Å²) >= 11 is 7.12. The average molecular weight is 375 g/mol. The van der Waals surface area contributed by atoms with Crippen molar-refractivity contribution in [3.05, 3.63) is 69.7 Å². The molecule has 130 valence electrons. The van der Waals surface area contributed by atoms with Crippen LogP contribution >= 0.6 is 22.9 Å². The van der Waals surface area contributed by atoms with E-state index < -0.39 is 0 Å². The molecular formula is C19H19ClN2O2S. The molecule has 0 saturated carbocycles. The van der Waals surface area contributed by atoms with Gasteiger partial charge in [0.25, 0.3) is 5.91 Å². The first-order chi connectivity index (χ1) is 12.1. The number of carbonyl (C=O) groups is 1. The van der Waals surface area contributed by atoms with Crippen LogP contribution in [-0.4, -0.2) is 28.9 Å². The molecule has 0 bridgehead atoms. The second-order valence-electron chi connectivity index (χ2n) is 5.88. The molecule has 6 heteroatoms. The van der Waals surface area contributed by atoms with E-state index in [9.17, 15) is 4.79 Å². The van der Waals surface area contributed by atoms with E-state index >= 15 is 0 Å². The fourth-order valence-electron chi connectivity index (χ4n) is 2.83. The maximum atomic E-state index is 13.1. The Bertz CT molecular complexity index is 798. The maximum absolute atomic E-state index is 13.1. The Morgan fingerprint density at radius 3 is 2.60 bits per heavy atom. The van der Waals surface area contributed by atoms with E-state index in [0.29, 0.717) is 15.9 Å². The van der Waals surface area contributed by atoms with E-state index in [2.05, 4.69) is 24.1 Å². The summed E-state index contributed by atoms with van der Waals surface area (Å²) in [4.78, 5) is 19.5. The number of aromatic nitrogens is 1. The molecule has 1 heterocycles. The van der Waals surface area contributed by atoms with Gasteiger partial charge in [0, 0.05) is 6.54 Å². The van der Waals surface area contributed by atoms with Crippen molar-refractivity contribution in [2.75, 3.05) is 7.11 Å². The average Bonchev–Trinajstić information content (AvgIpc) is 3.07. The second-order valence-corrected chi connectivity index (χ2v) is 7.49. The highest BCUT2D eigenvalue weighted by molar-refractivity contribution is 7.17. The highest BCUT2D eigenvalue weighted by Gasteiger charge is 2.28. The minimum atomic E-state index is -0.0583. The monoisotopic (exact) mass is 374 g/mol. The standard InChI is InChI=1S/C19H19ClN2O2S/c1-13-5-3-4-6-16(13)22(18(23)17-11-21-19(20)25-17)12-14-7-9-15(24-2)10-8-14/h3-11,13,16H,12H2,1-2H3. The number of amides is 1. The summed E-state index contributed by atoms with van der Waals surface area (Å²) in [6.07, 6.45) is 9.72. The molecule has 0 spiro atoms. The predicted octanol–water partition coefficient (Wildman–Crippen LogP) is 4.58. The Labute approximate surface area is 156 Å². The van der Waals surface area contributed by atoms with Crippen LogP contribution in [0.1, 0.15) is 22.2 Å². The lowest BCUT2D eigenvalue weighted by molar-refractivity contribution is 0.0673. The van der Waals surface area contributed by atoms with E-state index in [0.717, 1.165) is 11.3 Å². The van der Waals surface area contributed by atoms with Crippen molar-refractivity contribution in [2.45, 2.75) is 19.5 Å². The van der Waals surface area contributed by atoms with Gasteiger partial charge in [0.2, 0.25) is 0 Å². The molecule has 25 heavy (non-hydrogen) atoms. The summed E-state index contributed by atoms with van der Waals surface area (Å²) < 4.78 is 5.58. The zero-order chi connectivity index (χ0) is 17.8. The van der Waals surface area contributed by atoms with Crippen LogP contribution in [0.4, 0.5) is 0 Å². The van der Waals surface area contributed by atoms with Gasteiger partial charge in [-0.05, 0) is 23.6 Å². The van der Waals surface area contributed by atoms with Gasteiger partial charge in [-0.25, -0.2) is 4.98 Å². The highest BCUT2D eigenvalue weighted by Crippen LogP contribution is 2.26. The van der Waals surface area contributed by atoms with Crippen LogP contribution < -0.4 is 4.74 Å². The normalized spacial score (nSPS) is 19.0. The van der Waals surface area contributed by atoms with Crippen molar-refractivity contribution in [2.24, 2.45) is 5.92 Å². The molecule has 1 aromatic carbocycles. The van der Waals surface area contributed by atoms with Crippen LogP contribution in [0.3, 0.4) is 0 Å². The van der Waals surface area contributed by atoms with E-state index in [1.54, 1.807) is 13.3 Å². The van der Waals surface area contributed by atoms with Crippen LogP contribution in [0.15, 0.2) is 54.8 Å². The summed E-state index contributed by atoms with van der Waals surface area (Å²) in [5.74, 6) is 0.970. The largest absolute Gasteiger partial charge is 0.497 e. The quantitative estimate of drug-likeness (QED) is 0.769. The van der Waals surface area contributed by atoms with E-state index in [4.69, 9.17) is 16.3 Å². The van der Waals surface area contributed by atoms with Gasteiger partial charge in [-0.2, -0.15) is 0 Å². The Morgan fingerprint density at radius 1 is 1.28 bits per heavy atom. The predicted molar refractivity (Wildman–Crippen MR) is 101 cm³/mol. The summed E-state index contributed by atoms with van der Waals surface area (Å²) in [7, 11) is 1.64. The van der Waals surface area contributed by atoms with E-state index in [1.807, 2.05) is 41.3 Å². The molecule has 0 saturated heterocycles. The number of nitrogens with zero attached hydrogens (tertiary/aromatic N) is 2. The number of hydrogen-bond acceptors (Lipinski definition) is 4. The Balaban J connectivity index is 1.89. The van der Waals surface area contributed by atoms with Crippen LogP contribution in [-0.2, 0) is 6.54 Å². The smallest absolute Gasteiger partial charge is 0.266 e. The molecule has 1 aliphatic rings. The van der Waals surface area contributed by atoms with Crippen LogP contribution in [0, 0.1) is 5.92 Å². The maximum Gasteiger partial charge on any atom is 0.266 e. The SMILES string of the molecule is COc1ccc(CN(C(=O)c2cnc(Cl)s2)C2C=CC=CC2C)cc1. The van der Waals surface area contributed by atoms with Gasteiger partial charge < -0.3 is 9.64 Å². The molecule has 4 nitrogen and oxygen atoms in total. The number of halogens is 1. The number of benzene rings is 1. The minimum absolute atomic E-state index is 0.0134. The summed E-state index contributed by atoms with van der Waals surface area (Å²) in [6, 6.07) is 7.75. The Morgan fingerprint density at radius 2 is 2.00 bits per heavy atom. The molecule has 0 fully saturated rings. The third-order valence-corrected chi connectivity index (χ3v) is 5.30. The van der Waals surface area contributed by atoms with Crippen molar-refractivity contribution in [1.29, 1.82) is 0 Å². The fraction of sp³-hybridized carbons (Fsp3) is 0.263. The first kappa shape index (κ1) is 17.7. The first-order valence-electron chi connectivity index (χ1n) is 7.98. The summed E-state index contributed by atoms with van der Waals surface area (Å²) in [5.41, 5.74) is 1.04.